The van der Waals surface area contributed by atoms with Gasteiger partial charge in [-0.1, -0.05) is 29.3 Å². The van der Waals surface area contributed by atoms with E-state index in [0.717, 1.165) is 5.69 Å². The molecule has 8 heteroatoms. The summed E-state index contributed by atoms with van der Waals surface area (Å²) < 4.78 is 4.71. The molecule has 0 radical (unpaired) electrons. The molecule has 0 atom stereocenters. The van der Waals surface area contributed by atoms with E-state index in [1.54, 1.807) is 42.6 Å². The zero-order valence-corrected chi connectivity index (χ0v) is 15.2. The molecular weight excluding hydrogens is 375 g/mol. The molecule has 0 bridgehead atoms. The molecule has 132 valence electrons. The monoisotopic (exact) mass is 388 g/mol. The summed E-state index contributed by atoms with van der Waals surface area (Å²) in [6, 6.07) is 13.8. The first-order valence-electron chi connectivity index (χ1n) is 7.55. The summed E-state index contributed by atoms with van der Waals surface area (Å²) in [7, 11) is 1.32. The van der Waals surface area contributed by atoms with Crippen LogP contribution in [0.4, 0.5) is 23.1 Å². The SMILES string of the molecule is COC(=O)c1ccc(Cl)c(Nc2nccc(Nc3cccc(Cl)c3)n2)c1. The maximum absolute atomic E-state index is 11.7. The van der Waals surface area contributed by atoms with E-state index in [1.807, 2.05) is 12.1 Å². The van der Waals surface area contributed by atoms with E-state index in [4.69, 9.17) is 27.9 Å². The summed E-state index contributed by atoms with van der Waals surface area (Å²) in [5.74, 6) is 0.438. The number of aromatic nitrogens is 2. The van der Waals surface area contributed by atoms with Gasteiger partial charge >= 0.3 is 5.97 Å². The van der Waals surface area contributed by atoms with Crippen LogP contribution in [0.1, 0.15) is 10.4 Å². The van der Waals surface area contributed by atoms with Gasteiger partial charge in [-0.2, -0.15) is 4.98 Å². The first kappa shape index (κ1) is 18.0. The summed E-state index contributed by atoms with van der Waals surface area (Å²) in [5.41, 5.74) is 1.66. The molecule has 0 aliphatic heterocycles. The van der Waals surface area contributed by atoms with Gasteiger partial charge in [0.05, 0.1) is 23.4 Å². The van der Waals surface area contributed by atoms with Gasteiger partial charge in [-0.25, -0.2) is 9.78 Å². The fourth-order valence-corrected chi connectivity index (χ4v) is 2.54. The quantitative estimate of drug-likeness (QED) is 0.595. The fraction of sp³-hybridized carbons (Fsp3) is 0.0556. The molecule has 2 aromatic carbocycles. The summed E-state index contributed by atoms with van der Waals surface area (Å²) >= 11 is 12.2. The first-order chi connectivity index (χ1) is 12.5. The lowest BCUT2D eigenvalue weighted by molar-refractivity contribution is 0.0601. The summed E-state index contributed by atoms with van der Waals surface area (Å²) in [6.45, 7) is 0. The second-order valence-corrected chi connectivity index (χ2v) is 6.06. The molecule has 1 heterocycles. The number of carbonyl (C=O) groups is 1. The Morgan fingerprint density at radius 1 is 1.08 bits per heavy atom. The standard InChI is InChI=1S/C18H14Cl2N4O2/c1-26-17(25)11-5-6-14(20)15(9-11)23-18-21-8-7-16(24-18)22-13-4-2-3-12(19)10-13/h2-10H,1H3,(H2,21,22,23,24). The maximum Gasteiger partial charge on any atom is 0.337 e. The molecule has 26 heavy (non-hydrogen) atoms. The van der Waals surface area contributed by atoms with Crippen molar-refractivity contribution in [2.75, 3.05) is 17.7 Å². The Bertz CT molecular complexity index is 950. The number of esters is 1. The van der Waals surface area contributed by atoms with E-state index in [1.165, 1.54) is 7.11 Å². The van der Waals surface area contributed by atoms with Crippen molar-refractivity contribution < 1.29 is 9.53 Å². The number of hydrogen-bond donors (Lipinski definition) is 2. The van der Waals surface area contributed by atoms with Crippen LogP contribution < -0.4 is 10.6 Å². The number of nitrogens with zero attached hydrogens (tertiary/aromatic N) is 2. The van der Waals surface area contributed by atoms with Gasteiger partial charge in [0.1, 0.15) is 5.82 Å². The number of carbonyl (C=O) groups excluding carboxylic acids is 1. The Labute approximate surface area is 160 Å². The van der Waals surface area contributed by atoms with Crippen molar-refractivity contribution in [1.82, 2.24) is 9.97 Å². The topological polar surface area (TPSA) is 76.1 Å². The summed E-state index contributed by atoms with van der Waals surface area (Å²) in [6.07, 6.45) is 1.60. The molecule has 6 nitrogen and oxygen atoms in total. The Kier molecular flexibility index (Phi) is 5.55. The first-order valence-corrected chi connectivity index (χ1v) is 8.31. The summed E-state index contributed by atoms with van der Waals surface area (Å²) in [5, 5.41) is 7.19. The molecule has 0 fully saturated rings. The van der Waals surface area contributed by atoms with Crippen LogP contribution in [0, 0.1) is 0 Å². The zero-order valence-electron chi connectivity index (χ0n) is 13.7. The fourth-order valence-electron chi connectivity index (χ4n) is 2.19. The van der Waals surface area contributed by atoms with Gasteiger partial charge in [-0.15, -0.1) is 0 Å². The molecule has 0 saturated heterocycles. The largest absolute Gasteiger partial charge is 0.465 e. The number of rotatable bonds is 5. The van der Waals surface area contributed by atoms with Gasteiger partial charge in [-0.3, -0.25) is 0 Å². The van der Waals surface area contributed by atoms with Gasteiger partial charge < -0.3 is 15.4 Å². The van der Waals surface area contributed by atoms with Crippen LogP contribution >= 0.6 is 23.2 Å². The molecule has 0 aliphatic rings. The predicted molar refractivity (Wildman–Crippen MR) is 103 cm³/mol. The van der Waals surface area contributed by atoms with Crippen molar-refractivity contribution in [2.45, 2.75) is 0 Å². The van der Waals surface area contributed by atoms with Crippen LogP contribution in [0.25, 0.3) is 0 Å². The lowest BCUT2D eigenvalue weighted by atomic mass is 10.2. The second kappa shape index (κ2) is 8.03. The van der Waals surface area contributed by atoms with E-state index in [0.29, 0.717) is 33.1 Å². The summed E-state index contributed by atoms with van der Waals surface area (Å²) in [4.78, 5) is 20.2. The highest BCUT2D eigenvalue weighted by atomic mass is 35.5. The van der Waals surface area contributed by atoms with Crippen molar-refractivity contribution in [3.8, 4) is 0 Å². The van der Waals surface area contributed by atoms with E-state index < -0.39 is 5.97 Å². The Balaban J connectivity index is 1.82. The van der Waals surface area contributed by atoms with Crippen LogP contribution in [-0.4, -0.2) is 23.0 Å². The smallest absolute Gasteiger partial charge is 0.337 e. The van der Waals surface area contributed by atoms with Crippen LogP contribution in [0.2, 0.25) is 10.0 Å². The second-order valence-electron chi connectivity index (χ2n) is 5.21. The number of nitrogens with one attached hydrogen (secondary N) is 2. The van der Waals surface area contributed by atoms with Crippen LogP contribution in [0.3, 0.4) is 0 Å². The molecule has 2 N–H and O–H groups in total. The van der Waals surface area contributed by atoms with Crippen LogP contribution in [-0.2, 0) is 4.74 Å². The lowest BCUT2D eigenvalue weighted by Crippen LogP contribution is -2.04. The van der Waals surface area contributed by atoms with E-state index in [9.17, 15) is 4.79 Å². The average Bonchev–Trinajstić information content (AvgIpc) is 2.63. The van der Waals surface area contributed by atoms with Crippen LogP contribution in [0.5, 0.6) is 0 Å². The number of anilines is 4. The van der Waals surface area contributed by atoms with Crippen LogP contribution in [0.15, 0.2) is 54.7 Å². The van der Waals surface area contributed by atoms with E-state index >= 15 is 0 Å². The number of halogens is 2. The molecule has 0 amide bonds. The van der Waals surface area contributed by atoms with E-state index in [2.05, 4.69) is 20.6 Å². The molecule has 0 saturated carbocycles. The normalized spacial score (nSPS) is 10.3. The highest BCUT2D eigenvalue weighted by molar-refractivity contribution is 6.33. The van der Waals surface area contributed by atoms with Crippen molar-refractivity contribution in [3.63, 3.8) is 0 Å². The van der Waals surface area contributed by atoms with Gasteiger partial charge in [0.25, 0.3) is 0 Å². The molecule has 0 aliphatic carbocycles. The van der Waals surface area contributed by atoms with Gasteiger partial charge in [0, 0.05) is 16.9 Å². The average molecular weight is 389 g/mol. The highest BCUT2D eigenvalue weighted by Gasteiger charge is 2.10. The molecule has 3 aromatic rings. The molecule has 3 rings (SSSR count). The number of benzene rings is 2. The van der Waals surface area contributed by atoms with Crippen molar-refractivity contribution >= 4 is 52.3 Å². The Morgan fingerprint density at radius 2 is 1.92 bits per heavy atom. The Morgan fingerprint density at radius 3 is 2.69 bits per heavy atom. The third-order valence-electron chi connectivity index (χ3n) is 3.39. The van der Waals surface area contributed by atoms with Gasteiger partial charge in [0.15, 0.2) is 0 Å². The lowest BCUT2D eigenvalue weighted by Gasteiger charge is -2.10. The molecule has 0 unspecified atom stereocenters. The minimum atomic E-state index is -0.456. The maximum atomic E-state index is 11.7. The zero-order chi connectivity index (χ0) is 18.5. The predicted octanol–water partition coefficient (Wildman–Crippen LogP) is 5.06. The number of ether oxygens (including phenoxy) is 1. The van der Waals surface area contributed by atoms with Gasteiger partial charge in [-0.05, 0) is 42.5 Å². The highest BCUT2D eigenvalue weighted by Crippen LogP contribution is 2.26. The third-order valence-corrected chi connectivity index (χ3v) is 3.95. The van der Waals surface area contributed by atoms with Crippen molar-refractivity contribution in [2.24, 2.45) is 0 Å². The molecular formula is C18H14Cl2N4O2. The van der Waals surface area contributed by atoms with Crippen molar-refractivity contribution in [1.29, 1.82) is 0 Å². The number of methoxy groups -OCH3 is 1. The van der Waals surface area contributed by atoms with Crippen molar-refractivity contribution in [3.05, 3.63) is 70.3 Å². The Hall–Kier alpha value is -2.83. The number of hydrogen-bond acceptors (Lipinski definition) is 6. The third kappa shape index (κ3) is 4.41. The van der Waals surface area contributed by atoms with E-state index in [-0.39, 0.29) is 0 Å². The minimum absolute atomic E-state index is 0.320. The minimum Gasteiger partial charge on any atom is -0.465 e. The van der Waals surface area contributed by atoms with Gasteiger partial charge in [0.2, 0.25) is 5.95 Å². The molecule has 0 spiro atoms. The molecule has 1 aromatic heterocycles.